The van der Waals surface area contributed by atoms with Gasteiger partial charge in [-0.15, -0.1) is 0 Å². The molecule has 0 heterocycles. The van der Waals surface area contributed by atoms with Crippen molar-refractivity contribution < 1.29 is 4.74 Å². The Kier molecular flexibility index (Phi) is 4.32. The smallest absolute Gasteiger partial charge is 0.0638 e. The number of hydrogen-bond donors (Lipinski definition) is 0. The summed E-state index contributed by atoms with van der Waals surface area (Å²) in [5.41, 5.74) is 0.416. The van der Waals surface area contributed by atoms with E-state index >= 15 is 0 Å². The summed E-state index contributed by atoms with van der Waals surface area (Å²) in [5.74, 6) is 0. The zero-order chi connectivity index (χ0) is 13.4. The molecule has 0 aliphatic carbocycles. The van der Waals surface area contributed by atoms with E-state index in [0.717, 1.165) is 6.42 Å². The van der Waals surface area contributed by atoms with E-state index in [1.165, 1.54) is 0 Å². The average molecular weight is 228 g/mol. The second kappa shape index (κ2) is 4.33. The van der Waals surface area contributed by atoms with Crippen LogP contribution in [0, 0.1) is 10.8 Å². The van der Waals surface area contributed by atoms with Crippen molar-refractivity contribution in [3.05, 3.63) is 0 Å². The van der Waals surface area contributed by atoms with E-state index in [9.17, 15) is 0 Å². The summed E-state index contributed by atoms with van der Waals surface area (Å²) in [5, 5.41) is 0. The molecule has 1 nitrogen and oxygen atoms in total. The maximum Gasteiger partial charge on any atom is 0.0638 e. The maximum absolute atomic E-state index is 6.16. The Bertz CT molecular complexity index is 223. The molecule has 0 rings (SSSR count). The van der Waals surface area contributed by atoms with E-state index < -0.39 is 0 Å². The third kappa shape index (κ3) is 5.34. The molecule has 0 radical (unpaired) electrons. The quantitative estimate of drug-likeness (QED) is 0.657. The first-order valence-corrected chi connectivity index (χ1v) is 6.37. The van der Waals surface area contributed by atoms with Gasteiger partial charge in [-0.1, -0.05) is 34.6 Å². The van der Waals surface area contributed by atoms with Gasteiger partial charge in [-0.3, -0.25) is 0 Å². The highest BCUT2D eigenvalue weighted by Crippen LogP contribution is 2.45. The molecule has 0 unspecified atom stereocenters. The van der Waals surface area contributed by atoms with E-state index in [1.54, 1.807) is 0 Å². The second-order valence-electron chi connectivity index (χ2n) is 8.28. The average Bonchev–Trinajstić information content (AvgIpc) is 1.72. The van der Waals surface area contributed by atoms with E-state index in [0.29, 0.717) is 5.41 Å². The van der Waals surface area contributed by atoms with Crippen molar-refractivity contribution in [2.75, 3.05) is 0 Å². The zero-order valence-corrected chi connectivity index (χ0v) is 13.1. The van der Waals surface area contributed by atoms with Crippen LogP contribution in [0.2, 0.25) is 0 Å². The lowest BCUT2D eigenvalue weighted by Crippen LogP contribution is -2.42. The van der Waals surface area contributed by atoms with Gasteiger partial charge in [-0.05, 0) is 51.9 Å². The molecule has 1 heteroatoms. The summed E-state index contributed by atoms with van der Waals surface area (Å²) in [6, 6.07) is 0. The minimum absolute atomic E-state index is 0.0720. The Morgan fingerprint density at radius 3 is 1.31 bits per heavy atom. The van der Waals surface area contributed by atoms with Crippen LogP contribution in [0.1, 0.15) is 75.7 Å². The zero-order valence-electron chi connectivity index (χ0n) is 13.1. The first kappa shape index (κ1) is 16.0. The predicted octanol–water partition coefficient (Wildman–Crippen LogP) is 5.04. The van der Waals surface area contributed by atoms with Crippen LogP contribution in [0.25, 0.3) is 0 Å². The molecule has 0 aliphatic heterocycles. The third-order valence-corrected chi connectivity index (χ3v) is 3.48. The van der Waals surface area contributed by atoms with Crippen LogP contribution < -0.4 is 0 Å². The van der Waals surface area contributed by atoms with Crippen LogP contribution in [0.4, 0.5) is 0 Å². The molecule has 0 aromatic rings. The first-order valence-electron chi connectivity index (χ1n) is 6.37. The molecule has 0 aromatic carbocycles. The van der Waals surface area contributed by atoms with Crippen LogP contribution in [0.3, 0.4) is 0 Å². The van der Waals surface area contributed by atoms with Gasteiger partial charge in [0.15, 0.2) is 0 Å². The van der Waals surface area contributed by atoms with Gasteiger partial charge < -0.3 is 4.74 Å². The predicted molar refractivity (Wildman–Crippen MR) is 72.8 cm³/mol. The largest absolute Gasteiger partial charge is 0.370 e. The minimum Gasteiger partial charge on any atom is -0.370 e. The molecule has 0 amide bonds. The molecule has 0 spiro atoms. The second-order valence-corrected chi connectivity index (χ2v) is 8.28. The fourth-order valence-corrected chi connectivity index (χ4v) is 2.19. The Labute approximate surface area is 103 Å². The van der Waals surface area contributed by atoms with E-state index in [2.05, 4.69) is 69.2 Å². The standard InChI is InChI=1S/C15H32O/c1-12(2,3)14(7,8)11-15(9,10)16-13(4,5)6/h11H2,1-10H3. The lowest BCUT2D eigenvalue weighted by molar-refractivity contribution is -0.138. The van der Waals surface area contributed by atoms with Crippen molar-refractivity contribution in [1.82, 2.24) is 0 Å². The molecular weight excluding hydrogens is 196 g/mol. The van der Waals surface area contributed by atoms with Gasteiger partial charge in [0, 0.05) is 0 Å². The number of rotatable bonds is 3. The Morgan fingerprint density at radius 1 is 0.688 bits per heavy atom. The topological polar surface area (TPSA) is 9.23 Å². The highest BCUT2D eigenvalue weighted by Gasteiger charge is 2.39. The van der Waals surface area contributed by atoms with Crippen LogP contribution in [-0.4, -0.2) is 11.2 Å². The van der Waals surface area contributed by atoms with Crippen LogP contribution in [0.15, 0.2) is 0 Å². The molecule has 0 aromatic heterocycles. The van der Waals surface area contributed by atoms with Gasteiger partial charge in [0.05, 0.1) is 11.2 Å². The highest BCUT2D eigenvalue weighted by molar-refractivity contribution is 4.89. The molecule has 98 valence electrons. The molecule has 0 saturated carbocycles. The molecule has 0 saturated heterocycles. The van der Waals surface area contributed by atoms with Gasteiger partial charge >= 0.3 is 0 Å². The van der Waals surface area contributed by atoms with Gasteiger partial charge in [0.2, 0.25) is 0 Å². The molecule has 0 fully saturated rings. The fourth-order valence-electron chi connectivity index (χ4n) is 2.19. The number of ether oxygens (including phenoxy) is 1. The summed E-state index contributed by atoms with van der Waals surface area (Å²) in [7, 11) is 0. The SMILES string of the molecule is CC(C)(C)OC(C)(C)CC(C)(C)C(C)(C)C. The number of hydrogen-bond acceptors (Lipinski definition) is 1. The molecule has 0 bridgehead atoms. The van der Waals surface area contributed by atoms with Crippen molar-refractivity contribution in [3.8, 4) is 0 Å². The van der Waals surface area contributed by atoms with Gasteiger partial charge in [-0.25, -0.2) is 0 Å². The molecule has 0 atom stereocenters. The lowest BCUT2D eigenvalue weighted by atomic mass is 9.64. The third-order valence-electron chi connectivity index (χ3n) is 3.48. The monoisotopic (exact) mass is 228 g/mol. The van der Waals surface area contributed by atoms with Crippen LogP contribution in [-0.2, 0) is 4.74 Å². The summed E-state index contributed by atoms with van der Waals surface area (Å²) >= 11 is 0. The van der Waals surface area contributed by atoms with Gasteiger partial charge in [-0.2, -0.15) is 0 Å². The van der Waals surface area contributed by atoms with Crippen molar-refractivity contribution in [1.29, 1.82) is 0 Å². The van der Waals surface area contributed by atoms with Crippen molar-refractivity contribution in [3.63, 3.8) is 0 Å². The normalized spacial score (nSPS) is 15.4. The van der Waals surface area contributed by atoms with E-state index in [1.807, 2.05) is 0 Å². The molecular formula is C15H32O. The highest BCUT2D eigenvalue weighted by atomic mass is 16.5. The van der Waals surface area contributed by atoms with Crippen molar-refractivity contribution in [2.45, 2.75) is 86.9 Å². The van der Waals surface area contributed by atoms with Gasteiger partial charge in [0.1, 0.15) is 0 Å². The fraction of sp³-hybridized carbons (Fsp3) is 1.00. The van der Waals surface area contributed by atoms with Crippen LogP contribution in [0.5, 0.6) is 0 Å². The molecule has 0 aliphatic rings. The van der Waals surface area contributed by atoms with E-state index in [-0.39, 0.29) is 16.6 Å². The molecule has 0 N–H and O–H groups in total. The van der Waals surface area contributed by atoms with E-state index in [4.69, 9.17) is 4.74 Å². The summed E-state index contributed by atoms with van der Waals surface area (Å²) in [6.07, 6.45) is 1.07. The first-order chi connectivity index (χ1) is 6.66. The van der Waals surface area contributed by atoms with Crippen molar-refractivity contribution in [2.24, 2.45) is 10.8 Å². The Morgan fingerprint density at radius 2 is 1.06 bits per heavy atom. The minimum atomic E-state index is -0.0744. The van der Waals surface area contributed by atoms with Crippen LogP contribution >= 0.6 is 0 Å². The summed E-state index contributed by atoms with van der Waals surface area (Å²) in [4.78, 5) is 0. The summed E-state index contributed by atoms with van der Waals surface area (Å²) in [6.45, 7) is 22.4. The molecule has 16 heavy (non-hydrogen) atoms. The maximum atomic E-state index is 6.16. The lowest BCUT2D eigenvalue weighted by Gasteiger charge is -2.45. The summed E-state index contributed by atoms with van der Waals surface area (Å²) < 4.78 is 6.16. The van der Waals surface area contributed by atoms with Crippen molar-refractivity contribution >= 4 is 0 Å². The Hall–Kier alpha value is -0.0400. The Balaban J connectivity index is 4.72. The van der Waals surface area contributed by atoms with Gasteiger partial charge in [0.25, 0.3) is 0 Å².